The quantitative estimate of drug-likeness (QED) is 0.698. The third kappa shape index (κ3) is 6.14. The van der Waals surface area contributed by atoms with E-state index in [1.165, 1.54) is 12.8 Å². The van der Waals surface area contributed by atoms with Gasteiger partial charge in [-0.1, -0.05) is 18.2 Å². The monoisotopic (exact) mass is 291 g/mol. The Morgan fingerprint density at radius 1 is 1.43 bits per heavy atom. The summed E-state index contributed by atoms with van der Waals surface area (Å²) in [7, 11) is 1.99. The smallest absolute Gasteiger partial charge is 0.234 e. The van der Waals surface area contributed by atoms with Crippen LogP contribution in [-0.2, 0) is 4.79 Å². The molecule has 1 saturated heterocycles. The molecule has 2 rings (SSSR count). The summed E-state index contributed by atoms with van der Waals surface area (Å²) in [6, 6.07) is 10.2. The summed E-state index contributed by atoms with van der Waals surface area (Å²) in [6.07, 6.45) is 2.44. The van der Waals surface area contributed by atoms with Gasteiger partial charge in [-0.25, -0.2) is 0 Å². The maximum Gasteiger partial charge on any atom is 0.234 e. The van der Waals surface area contributed by atoms with Crippen molar-refractivity contribution in [2.75, 3.05) is 39.8 Å². The van der Waals surface area contributed by atoms with E-state index < -0.39 is 0 Å². The van der Waals surface area contributed by atoms with E-state index in [0.29, 0.717) is 25.7 Å². The van der Waals surface area contributed by atoms with Gasteiger partial charge in [-0.05, 0) is 38.6 Å². The van der Waals surface area contributed by atoms with Crippen molar-refractivity contribution >= 4 is 5.91 Å². The SMILES string of the molecule is CN(CC(=O)NCCOc1ccccc1)CC1CCCN1. The van der Waals surface area contributed by atoms with Crippen molar-refractivity contribution in [2.45, 2.75) is 18.9 Å². The van der Waals surface area contributed by atoms with Crippen molar-refractivity contribution in [3.8, 4) is 5.75 Å². The summed E-state index contributed by atoms with van der Waals surface area (Å²) < 4.78 is 5.53. The van der Waals surface area contributed by atoms with Crippen LogP contribution in [0.25, 0.3) is 0 Å². The molecule has 1 amide bonds. The fraction of sp³-hybridized carbons (Fsp3) is 0.562. The zero-order valence-corrected chi connectivity index (χ0v) is 12.7. The predicted molar refractivity (Wildman–Crippen MR) is 83.5 cm³/mol. The molecule has 116 valence electrons. The first-order valence-electron chi connectivity index (χ1n) is 7.60. The number of rotatable bonds is 8. The Balaban J connectivity index is 1.54. The molecular formula is C16H25N3O2. The molecule has 0 saturated carbocycles. The summed E-state index contributed by atoms with van der Waals surface area (Å²) in [6.45, 7) is 3.48. The molecule has 5 heteroatoms. The maximum absolute atomic E-state index is 11.8. The number of nitrogens with zero attached hydrogens (tertiary/aromatic N) is 1. The number of ether oxygens (including phenoxy) is 1. The van der Waals surface area contributed by atoms with Crippen LogP contribution >= 0.6 is 0 Å². The van der Waals surface area contributed by atoms with Crippen LogP contribution in [0.4, 0.5) is 0 Å². The molecule has 0 aromatic heterocycles. The molecule has 0 bridgehead atoms. The van der Waals surface area contributed by atoms with E-state index in [1.54, 1.807) is 0 Å². The van der Waals surface area contributed by atoms with Crippen molar-refractivity contribution in [3.05, 3.63) is 30.3 Å². The number of carbonyl (C=O) groups is 1. The highest BCUT2D eigenvalue weighted by molar-refractivity contribution is 5.77. The molecule has 0 aliphatic carbocycles. The lowest BCUT2D eigenvalue weighted by atomic mass is 10.2. The lowest BCUT2D eigenvalue weighted by molar-refractivity contribution is -0.122. The summed E-state index contributed by atoms with van der Waals surface area (Å²) in [5.41, 5.74) is 0. The fourth-order valence-corrected chi connectivity index (χ4v) is 2.53. The topological polar surface area (TPSA) is 53.6 Å². The third-order valence-corrected chi connectivity index (χ3v) is 3.54. The number of carbonyl (C=O) groups excluding carboxylic acids is 1. The first-order chi connectivity index (χ1) is 10.2. The second kappa shape index (κ2) is 8.64. The first kappa shape index (κ1) is 15.8. The van der Waals surface area contributed by atoms with Crippen LogP contribution in [0, 0.1) is 0 Å². The predicted octanol–water partition coefficient (Wildman–Crippen LogP) is 0.865. The number of benzene rings is 1. The highest BCUT2D eigenvalue weighted by Gasteiger charge is 2.16. The van der Waals surface area contributed by atoms with Crippen LogP contribution in [0.3, 0.4) is 0 Å². The number of hydrogen-bond acceptors (Lipinski definition) is 4. The zero-order valence-electron chi connectivity index (χ0n) is 12.7. The van der Waals surface area contributed by atoms with E-state index in [1.807, 2.05) is 37.4 Å². The van der Waals surface area contributed by atoms with Gasteiger partial charge in [0.1, 0.15) is 12.4 Å². The van der Waals surface area contributed by atoms with Crippen LogP contribution in [0.15, 0.2) is 30.3 Å². The standard InChI is InChI=1S/C16H25N3O2/c1-19(12-14-6-5-9-17-14)13-16(20)18-10-11-21-15-7-3-2-4-8-15/h2-4,7-8,14,17H,5-6,9-13H2,1H3,(H,18,20). The molecule has 1 heterocycles. The number of hydrogen-bond donors (Lipinski definition) is 2. The minimum atomic E-state index is 0.0483. The highest BCUT2D eigenvalue weighted by atomic mass is 16.5. The van der Waals surface area contributed by atoms with Gasteiger partial charge in [-0.15, -0.1) is 0 Å². The molecule has 1 fully saturated rings. The average molecular weight is 291 g/mol. The molecule has 1 aliphatic rings. The van der Waals surface area contributed by atoms with E-state index in [0.717, 1.165) is 18.8 Å². The van der Waals surface area contributed by atoms with Gasteiger partial charge in [-0.3, -0.25) is 9.69 Å². The lowest BCUT2D eigenvalue weighted by Gasteiger charge is -2.20. The van der Waals surface area contributed by atoms with Crippen molar-refractivity contribution < 1.29 is 9.53 Å². The molecule has 1 aromatic carbocycles. The summed E-state index contributed by atoms with van der Waals surface area (Å²) in [5.74, 6) is 0.878. The molecule has 1 aliphatic heterocycles. The van der Waals surface area contributed by atoms with Crippen molar-refractivity contribution in [1.29, 1.82) is 0 Å². The van der Waals surface area contributed by atoms with Crippen molar-refractivity contribution in [2.24, 2.45) is 0 Å². The Hall–Kier alpha value is -1.59. The van der Waals surface area contributed by atoms with E-state index in [-0.39, 0.29) is 5.91 Å². The van der Waals surface area contributed by atoms with Crippen molar-refractivity contribution in [1.82, 2.24) is 15.5 Å². The van der Waals surface area contributed by atoms with Crippen LogP contribution in [0.5, 0.6) is 5.75 Å². The fourth-order valence-electron chi connectivity index (χ4n) is 2.53. The van der Waals surface area contributed by atoms with Gasteiger partial charge in [-0.2, -0.15) is 0 Å². The Morgan fingerprint density at radius 3 is 2.95 bits per heavy atom. The molecule has 21 heavy (non-hydrogen) atoms. The largest absolute Gasteiger partial charge is 0.492 e. The van der Waals surface area contributed by atoms with Crippen LogP contribution in [0.1, 0.15) is 12.8 Å². The number of nitrogens with one attached hydrogen (secondary N) is 2. The zero-order chi connectivity index (χ0) is 14.9. The molecule has 2 N–H and O–H groups in total. The van der Waals surface area contributed by atoms with Gasteiger partial charge in [0.2, 0.25) is 5.91 Å². The van der Waals surface area contributed by atoms with E-state index >= 15 is 0 Å². The van der Waals surface area contributed by atoms with E-state index in [4.69, 9.17) is 4.74 Å². The molecule has 0 spiro atoms. The highest BCUT2D eigenvalue weighted by Crippen LogP contribution is 2.07. The molecule has 1 atom stereocenters. The number of likely N-dealkylation sites (N-methyl/N-ethyl adjacent to an activating group) is 1. The van der Waals surface area contributed by atoms with Gasteiger partial charge < -0.3 is 15.4 Å². The lowest BCUT2D eigenvalue weighted by Crippen LogP contribution is -2.41. The average Bonchev–Trinajstić information content (AvgIpc) is 2.97. The summed E-state index contributed by atoms with van der Waals surface area (Å²) in [5, 5.41) is 6.32. The van der Waals surface area contributed by atoms with Crippen LogP contribution < -0.4 is 15.4 Å². The minimum absolute atomic E-state index is 0.0483. The Labute approximate surface area is 126 Å². The molecule has 0 radical (unpaired) electrons. The van der Waals surface area contributed by atoms with Gasteiger partial charge in [0.25, 0.3) is 0 Å². The van der Waals surface area contributed by atoms with Crippen LogP contribution in [-0.4, -0.2) is 56.7 Å². The molecule has 1 aromatic rings. The summed E-state index contributed by atoms with van der Waals surface area (Å²) in [4.78, 5) is 13.9. The summed E-state index contributed by atoms with van der Waals surface area (Å²) >= 11 is 0. The minimum Gasteiger partial charge on any atom is -0.492 e. The van der Waals surface area contributed by atoms with Crippen molar-refractivity contribution in [3.63, 3.8) is 0 Å². The maximum atomic E-state index is 11.8. The van der Waals surface area contributed by atoms with Gasteiger partial charge in [0.15, 0.2) is 0 Å². The second-order valence-corrected chi connectivity index (χ2v) is 5.50. The number of amides is 1. The third-order valence-electron chi connectivity index (χ3n) is 3.54. The number of para-hydroxylation sites is 1. The van der Waals surface area contributed by atoms with Crippen LogP contribution in [0.2, 0.25) is 0 Å². The second-order valence-electron chi connectivity index (χ2n) is 5.50. The Kier molecular flexibility index (Phi) is 6.50. The van der Waals surface area contributed by atoms with Gasteiger partial charge in [0, 0.05) is 12.6 Å². The van der Waals surface area contributed by atoms with Gasteiger partial charge >= 0.3 is 0 Å². The molecule has 1 unspecified atom stereocenters. The van der Waals surface area contributed by atoms with E-state index in [2.05, 4.69) is 15.5 Å². The van der Waals surface area contributed by atoms with E-state index in [9.17, 15) is 4.79 Å². The van der Waals surface area contributed by atoms with Gasteiger partial charge in [0.05, 0.1) is 13.1 Å². The Morgan fingerprint density at radius 2 is 2.24 bits per heavy atom. The molecule has 5 nitrogen and oxygen atoms in total. The first-order valence-corrected chi connectivity index (χ1v) is 7.60. The normalized spacial score (nSPS) is 17.9. The Bertz CT molecular complexity index is 419. The molecular weight excluding hydrogens is 266 g/mol.